The third kappa shape index (κ3) is 3.73. The molecule has 1 aromatic heterocycles. The summed E-state index contributed by atoms with van der Waals surface area (Å²) in [5, 5.41) is 10.0. The molecule has 2 heterocycles. The number of carbonyl (C=O) groups excluding carboxylic acids is 1. The number of amides is 1. The fourth-order valence-electron chi connectivity index (χ4n) is 3.82. The van der Waals surface area contributed by atoms with Crippen molar-refractivity contribution < 1.29 is 17.7 Å². The summed E-state index contributed by atoms with van der Waals surface area (Å²) < 4.78 is 33.4. The van der Waals surface area contributed by atoms with Gasteiger partial charge in [-0.15, -0.1) is 0 Å². The van der Waals surface area contributed by atoms with Gasteiger partial charge in [-0.25, -0.2) is 8.42 Å². The molecular formula is C16H26N4O4S. The zero-order valence-electron chi connectivity index (χ0n) is 14.7. The molecule has 2 fully saturated rings. The van der Waals surface area contributed by atoms with E-state index in [2.05, 4.69) is 20.5 Å². The Balaban J connectivity index is 1.81. The van der Waals surface area contributed by atoms with Gasteiger partial charge in [-0.3, -0.25) is 4.79 Å². The normalized spacial score (nSPS) is 23.5. The highest BCUT2D eigenvalue weighted by molar-refractivity contribution is 7.89. The van der Waals surface area contributed by atoms with Crippen molar-refractivity contribution in [3.8, 4) is 0 Å². The Bertz CT molecular complexity index is 712. The fraction of sp³-hybridized carbons (Fsp3) is 0.750. The number of aryl methyl sites for hydroxylation is 2. The molecule has 0 radical (unpaired) electrons. The largest absolute Gasteiger partial charge is 0.360 e. The molecule has 25 heavy (non-hydrogen) atoms. The van der Waals surface area contributed by atoms with Crippen LogP contribution in [0.25, 0.3) is 0 Å². The van der Waals surface area contributed by atoms with Crippen molar-refractivity contribution in [2.45, 2.75) is 68.8 Å². The molecule has 1 aromatic rings. The van der Waals surface area contributed by atoms with Crippen LogP contribution in [0.15, 0.2) is 9.42 Å². The Morgan fingerprint density at radius 2 is 2.00 bits per heavy atom. The van der Waals surface area contributed by atoms with Gasteiger partial charge in [0, 0.05) is 12.6 Å². The molecule has 1 unspecified atom stereocenters. The van der Waals surface area contributed by atoms with Gasteiger partial charge in [0.15, 0.2) is 5.76 Å². The molecule has 3 rings (SSSR count). The molecule has 3 N–H and O–H groups in total. The second-order valence-electron chi connectivity index (χ2n) is 7.06. The highest BCUT2D eigenvalue weighted by atomic mass is 32.2. The van der Waals surface area contributed by atoms with Crippen molar-refractivity contribution in [3.05, 3.63) is 11.5 Å². The first kappa shape index (κ1) is 18.3. The number of nitrogens with zero attached hydrogens (tertiary/aromatic N) is 1. The lowest BCUT2D eigenvalue weighted by Crippen LogP contribution is -2.60. The average Bonchev–Trinajstić information content (AvgIpc) is 3.15. The summed E-state index contributed by atoms with van der Waals surface area (Å²) >= 11 is 0. The number of carbonyl (C=O) groups is 1. The molecule has 0 bridgehead atoms. The number of nitrogens with one attached hydrogen (secondary N) is 3. The summed E-state index contributed by atoms with van der Waals surface area (Å²) in [4.78, 5) is 13.0. The predicted octanol–water partition coefficient (Wildman–Crippen LogP) is 0.751. The summed E-state index contributed by atoms with van der Waals surface area (Å²) in [6, 6.07) is 0.0438. The predicted molar refractivity (Wildman–Crippen MR) is 91.5 cm³/mol. The number of rotatable bonds is 5. The molecule has 1 amide bonds. The molecular weight excluding hydrogens is 344 g/mol. The van der Waals surface area contributed by atoms with E-state index in [1.807, 2.05) is 0 Å². The highest BCUT2D eigenvalue weighted by Gasteiger charge is 2.46. The second kappa shape index (κ2) is 7.05. The zero-order chi connectivity index (χ0) is 18.1. The minimum atomic E-state index is -3.89. The van der Waals surface area contributed by atoms with Gasteiger partial charge in [0.05, 0.1) is 0 Å². The Labute approximate surface area is 148 Å². The van der Waals surface area contributed by atoms with E-state index in [1.165, 1.54) is 0 Å². The van der Waals surface area contributed by atoms with Gasteiger partial charge >= 0.3 is 0 Å². The molecule has 0 aromatic carbocycles. The van der Waals surface area contributed by atoms with Crippen molar-refractivity contribution >= 4 is 15.9 Å². The van der Waals surface area contributed by atoms with Crippen LogP contribution in [0.3, 0.4) is 0 Å². The van der Waals surface area contributed by atoms with Gasteiger partial charge < -0.3 is 15.2 Å². The molecule has 1 aliphatic carbocycles. The first-order valence-corrected chi connectivity index (χ1v) is 10.3. The SMILES string of the molecule is Cc1noc(C)c1S(=O)(=O)NC1(C(=O)NC2CCCNC2)CCCC1. The first-order chi connectivity index (χ1) is 11.8. The topological polar surface area (TPSA) is 113 Å². The summed E-state index contributed by atoms with van der Waals surface area (Å²) in [5.41, 5.74) is -0.790. The number of aromatic nitrogens is 1. The maximum Gasteiger partial charge on any atom is 0.246 e. The summed E-state index contributed by atoms with van der Waals surface area (Å²) in [6.45, 7) is 4.82. The second-order valence-corrected chi connectivity index (χ2v) is 8.68. The van der Waals surface area contributed by atoms with Crippen LogP contribution in [0.2, 0.25) is 0 Å². The summed E-state index contributed by atoms with van der Waals surface area (Å²) in [6.07, 6.45) is 4.55. The van der Waals surface area contributed by atoms with Gasteiger partial charge in [-0.1, -0.05) is 18.0 Å². The number of hydrogen-bond acceptors (Lipinski definition) is 6. The molecule has 1 saturated carbocycles. The van der Waals surface area contributed by atoms with Crippen LogP contribution in [-0.2, 0) is 14.8 Å². The molecule has 1 atom stereocenters. The minimum absolute atomic E-state index is 0.0332. The lowest BCUT2D eigenvalue weighted by atomic mass is 9.96. The third-order valence-corrected chi connectivity index (χ3v) is 6.87. The maximum absolute atomic E-state index is 12.9. The van der Waals surface area contributed by atoms with E-state index in [9.17, 15) is 13.2 Å². The fourth-order valence-corrected chi connectivity index (χ4v) is 5.57. The van der Waals surface area contributed by atoms with Gasteiger partial charge in [-0.05, 0) is 46.1 Å². The van der Waals surface area contributed by atoms with E-state index in [0.717, 1.165) is 38.8 Å². The van der Waals surface area contributed by atoms with Gasteiger partial charge in [-0.2, -0.15) is 4.72 Å². The van der Waals surface area contributed by atoms with Crippen LogP contribution in [0.5, 0.6) is 0 Å². The maximum atomic E-state index is 12.9. The zero-order valence-corrected chi connectivity index (χ0v) is 15.5. The van der Waals surface area contributed by atoms with Crippen molar-refractivity contribution in [2.75, 3.05) is 13.1 Å². The van der Waals surface area contributed by atoms with Crippen LogP contribution in [0.4, 0.5) is 0 Å². The van der Waals surface area contributed by atoms with Crippen LogP contribution in [0, 0.1) is 13.8 Å². The number of sulfonamides is 1. The Kier molecular flexibility index (Phi) is 5.17. The van der Waals surface area contributed by atoms with Crippen molar-refractivity contribution in [2.24, 2.45) is 0 Å². The quantitative estimate of drug-likeness (QED) is 0.705. The van der Waals surface area contributed by atoms with E-state index in [1.54, 1.807) is 13.8 Å². The average molecular weight is 370 g/mol. The monoisotopic (exact) mass is 370 g/mol. The highest BCUT2D eigenvalue weighted by Crippen LogP contribution is 2.33. The van der Waals surface area contributed by atoms with Crippen molar-refractivity contribution in [1.29, 1.82) is 0 Å². The van der Waals surface area contributed by atoms with Crippen molar-refractivity contribution in [1.82, 2.24) is 20.5 Å². The lowest BCUT2D eigenvalue weighted by molar-refractivity contribution is -0.127. The Morgan fingerprint density at radius 1 is 1.28 bits per heavy atom. The summed E-state index contributed by atoms with van der Waals surface area (Å²) in [7, 11) is -3.89. The van der Waals surface area contributed by atoms with E-state index in [4.69, 9.17) is 4.52 Å². The lowest BCUT2D eigenvalue weighted by Gasteiger charge is -2.32. The molecule has 0 spiro atoms. The van der Waals surface area contributed by atoms with E-state index < -0.39 is 15.6 Å². The molecule has 8 nitrogen and oxygen atoms in total. The minimum Gasteiger partial charge on any atom is -0.360 e. The Hall–Kier alpha value is -1.45. The number of piperidine rings is 1. The van der Waals surface area contributed by atoms with Crippen molar-refractivity contribution in [3.63, 3.8) is 0 Å². The molecule has 1 saturated heterocycles. The smallest absolute Gasteiger partial charge is 0.246 e. The summed E-state index contributed by atoms with van der Waals surface area (Å²) in [5.74, 6) is 0.00377. The van der Waals surface area contributed by atoms with Gasteiger partial charge in [0.1, 0.15) is 16.1 Å². The van der Waals surface area contributed by atoms with E-state index >= 15 is 0 Å². The molecule has 1 aliphatic heterocycles. The first-order valence-electron chi connectivity index (χ1n) is 8.83. The van der Waals surface area contributed by atoms with Gasteiger partial charge in [0.25, 0.3) is 0 Å². The number of hydrogen-bond donors (Lipinski definition) is 3. The van der Waals surface area contributed by atoms with E-state index in [-0.39, 0.29) is 22.6 Å². The van der Waals surface area contributed by atoms with Crippen LogP contribution < -0.4 is 15.4 Å². The van der Waals surface area contributed by atoms with E-state index in [0.29, 0.717) is 18.5 Å². The molecule has 9 heteroatoms. The van der Waals surface area contributed by atoms with Crippen LogP contribution in [-0.4, -0.2) is 44.2 Å². The molecule has 2 aliphatic rings. The molecule has 140 valence electrons. The Morgan fingerprint density at radius 3 is 2.56 bits per heavy atom. The third-order valence-electron chi connectivity index (χ3n) is 5.09. The van der Waals surface area contributed by atoms with Crippen LogP contribution >= 0.6 is 0 Å². The standard InChI is InChI=1S/C16H26N4O4S/c1-11-14(12(2)24-19-11)25(22,23)20-16(7-3-4-8-16)15(21)18-13-6-5-9-17-10-13/h13,17,20H,3-10H2,1-2H3,(H,18,21). The van der Waals surface area contributed by atoms with Crippen LogP contribution in [0.1, 0.15) is 50.0 Å². The van der Waals surface area contributed by atoms with Gasteiger partial charge in [0.2, 0.25) is 15.9 Å².